The van der Waals surface area contributed by atoms with Crippen LogP contribution in [0.5, 0.6) is 5.75 Å². The van der Waals surface area contributed by atoms with Crippen LogP contribution in [-0.2, 0) is 22.6 Å². The normalized spacial score (nSPS) is 14.2. The minimum absolute atomic E-state index is 0.0285. The Kier molecular flexibility index (Phi) is 5.17. The average molecular weight is 385 g/mol. The topological polar surface area (TPSA) is 77.7 Å². The van der Waals surface area contributed by atoms with E-state index in [4.69, 9.17) is 14.0 Å². The molecule has 1 aromatic carbocycles. The predicted molar refractivity (Wildman–Crippen MR) is 99.5 cm³/mol. The molecule has 3 heterocycles. The van der Waals surface area contributed by atoms with Crippen LogP contribution in [0.25, 0.3) is 11.4 Å². The van der Waals surface area contributed by atoms with Gasteiger partial charge in [-0.2, -0.15) is 16.3 Å². The Bertz CT molecular complexity index is 886. The minimum Gasteiger partial charge on any atom is -0.487 e. The van der Waals surface area contributed by atoms with Crippen LogP contribution < -0.4 is 4.74 Å². The van der Waals surface area contributed by atoms with E-state index in [0.717, 1.165) is 16.9 Å². The number of hydrogen-bond donors (Lipinski definition) is 0. The third-order valence-corrected chi connectivity index (χ3v) is 5.02. The van der Waals surface area contributed by atoms with Gasteiger partial charge in [-0.15, -0.1) is 0 Å². The van der Waals surface area contributed by atoms with Gasteiger partial charge in [0.15, 0.2) is 0 Å². The van der Waals surface area contributed by atoms with E-state index >= 15 is 0 Å². The summed E-state index contributed by atoms with van der Waals surface area (Å²) in [6.07, 6.45) is 0.487. The van der Waals surface area contributed by atoms with Crippen molar-refractivity contribution in [1.29, 1.82) is 0 Å². The molecule has 8 heteroatoms. The third-order valence-electron chi connectivity index (χ3n) is 4.29. The van der Waals surface area contributed by atoms with Crippen LogP contribution in [-0.4, -0.2) is 47.3 Å². The van der Waals surface area contributed by atoms with Crippen LogP contribution in [0.1, 0.15) is 11.5 Å². The highest BCUT2D eigenvalue weighted by atomic mass is 32.1. The Morgan fingerprint density at radius 1 is 1.30 bits per heavy atom. The van der Waals surface area contributed by atoms with Crippen molar-refractivity contribution in [2.45, 2.75) is 19.1 Å². The van der Waals surface area contributed by atoms with Gasteiger partial charge in [-0.05, 0) is 46.7 Å². The number of hydrogen-bond acceptors (Lipinski definition) is 7. The quantitative estimate of drug-likeness (QED) is 0.622. The zero-order chi connectivity index (χ0) is 18.6. The van der Waals surface area contributed by atoms with E-state index in [-0.39, 0.29) is 18.6 Å². The summed E-state index contributed by atoms with van der Waals surface area (Å²) in [6, 6.07) is 9.50. The zero-order valence-electron chi connectivity index (χ0n) is 14.8. The molecule has 4 rings (SSSR count). The van der Waals surface area contributed by atoms with Crippen molar-refractivity contribution in [1.82, 2.24) is 15.0 Å². The molecule has 1 aliphatic rings. The van der Waals surface area contributed by atoms with E-state index < -0.39 is 0 Å². The number of rotatable bonds is 7. The lowest BCUT2D eigenvalue weighted by Gasteiger charge is -2.39. The Balaban J connectivity index is 1.27. The molecule has 0 spiro atoms. The summed E-state index contributed by atoms with van der Waals surface area (Å²) in [4.78, 5) is 18.3. The van der Waals surface area contributed by atoms with Gasteiger partial charge in [0.05, 0.1) is 19.5 Å². The molecular formula is C19H19N3O4S. The molecule has 7 nitrogen and oxygen atoms in total. The maximum absolute atomic E-state index is 12.2. The van der Waals surface area contributed by atoms with Gasteiger partial charge in [-0.25, -0.2) is 0 Å². The second-order valence-corrected chi connectivity index (χ2v) is 7.10. The first-order valence-electron chi connectivity index (χ1n) is 8.59. The lowest BCUT2D eigenvalue weighted by Crippen LogP contribution is -2.56. The Morgan fingerprint density at radius 2 is 2.11 bits per heavy atom. The smallest absolute Gasteiger partial charge is 0.252 e. The third kappa shape index (κ3) is 4.17. The first-order chi connectivity index (χ1) is 13.2. The number of aromatic nitrogens is 2. The molecule has 1 fully saturated rings. The molecule has 0 saturated carbocycles. The first kappa shape index (κ1) is 17.7. The van der Waals surface area contributed by atoms with Gasteiger partial charge >= 0.3 is 0 Å². The van der Waals surface area contributed by atoms with Gasteiger partial charge in [-0.1, -0.05) is 5.16 Å². The molecule has 0 unspecified atom stereocenters. The van der Waals surface area contributed by atoms with Gasteiger partial charge < -0.3 is 18.9 Å². The zero-order valence-corrected chi connectivity index (χ0v) is 15.6. The van der Waals surface area contributed by atoms with Gasteiger partial charge in [0, 0.05) is 12.7 Å². The first-order valence-corrected chi connectivity index (χ1v) is 9.53. The van der Waals surface area contributed by atoms with E-state index in [2.05, 4.69) is 10.1 Å². The highest BCUT2D eigenvalue weighted by molar-refractivity contribution is 7.08. The van der Waals surface area contributed by atoms with Crippen molar-refractivity contribution in [2.24, 2.45) is 0 Å². The summed E-state index contributed by atoms with van der Waals surface area (Å²) >= 11 is 1.61. The van der Waals surface area contributed by atoms with Crippen LogP contribution in [0.4, 0.5) is 0 Å². The van der Waals surface area contributed by atoms with Crippen LogP contribution in [0.2, 0.25) is 0 Å². The van der Waals surface area contributed by atoms with Crippen molar-refractivity contribution < 1.29 is 18.8 Å². The number of nitrogens with zero attached hydrogens (tertiary/aromatic N) is 3. The lowest BCUT2D eigenvalue weighted by molar-refractivity contribution is -0.139. The molecule has 0 N–H and O–H groups in total. The molecule has 1 saturated heterocycles. The SMILES string of the molecule is COCc1nc(-c2ccc(OC3CN(C(=O)Cc4ccsc4)C3)cc2)no1. The Morgan fingerprint density at radius 3 is 2.81 bits per heavy atom. The van der Waals surface area contributed by atoms with Crippen LogP contribution in [0, 0.1) is 0 Å². The summed E-state index contributed by atoms with van der Waals surface area (Å²) in [5.41, 5.74) is 1.91. The van der Waals surface area contributed by atoms with E-state index in [1.54, 1.807) is 18.4 Å². The van der Waals surface area contributed by atoms with Gasteiger partial charge in [0.25, 0.3) is 5.89 Å². The van der Waals surface area contributed by atoms with E-state index in [0.29, 0.717) is 31.2 Å². The van der Waals surface area contributed by atoms with E-state index in [9.17, 15) is 4.79 Å². The molecule has 0 atom stereocenters. The standard InChI is InChI=1S/C19H19N3O4S/c1-24-11-17-20-19(21-26-17)14-2-4-15(5-3-14)25-16-9-22(10-16)18(23)8-13-6-7-27-12-13/h2-7,12,16H,8-11H2,1H3. The van der Waals surface area contributed by atoms with Crippen molar-refractivity contribution in [3.8, 4) is 17.1 Å². The minimum atomic E-state index is 0.0285. The summed E-state index contributed by atoms with van der Waals surface area (Å²) in [5.74, 6) is 1.86. The largest absolute Gasteiger partial charge is 0.487 e. The Hall–Kier alpha value is -2.71. The number of thiophene rings is 1. The van der Waals surface area contributed by atoms with Crippen LogP contribution in [0.3, 0.4) is 0 Å². The summed E-state index contributed by atoms with van der Waals surface area (Å²) in [7, 11) is 1.58. The average Bonchev–Trinajstić information content (AvgIpc) is 3.30. The van der Waals surface area contributed by atoms with Gasteiger partial charge in [0.2, 0.25) is 11.7 Å². The molecule has 0 radical (unpaired) electrons. The molecule has 0 bridgehead atoms. The molecule has 3 aromatic rings. The van der Waals surface area contributed by atoms with Crippen molar-refractivity contribution in [2.75, 3.05) is 20.2 Å². The maximum atomic E-state index is 12.2. The monoisotopic (exact) mass is 385 g/mol. The van der Waals surface area contributed by atoms with Crippen LogP contribution >= 0.6 is 11.3 Å². The number of ether oxygens (including phenoxy) is 2. The number of benzene rings is 1. The predicted octanol–water partition coefficient (Wildman–Crippen LogP) is 2.78. The fraction of sp³-hybridized carbons (Fsp3) is 0.316. The molecule has 2 aromatic heterocycles. The second-order valence-electron chi connectivity index (χ2n) is 6.32. The second kappa shape index (κ2) is 7.89. The maximum Gasteiger partial charge on any atom is 0.252 e. The molecule has 140 valence electrons. The van der Waals surface area contributed by atoms with Crippen molar-refractivity contribution >= 4 is 17.2 Å². The number of likely N-dealkylation sites (tertiary alicyclic amines) is 1. The molecule has 0 aliphatic carbocycles. The van der Waals surface area contributed by atoms with Gasteiger partial charge in [0.1, 0.15) is 18.5 Å². The summed E-state index contributed by atoms with van der Waals surface area (Å²) in [6.45, 7) is 1.53. The molecular weight excluding hydrogens is 366 g/mol. The van der Waals surface area contributed by atoms with E-state index in [1.807, 2.05) is 46.0 Å². The fourth-order valence-corrected chi connectivity index (χ4v) is 3.49. The van der Waals surface area contributed by atoms with Crippen molar-refractivity contribution in [3.63, 3.8) is 0 Å². The fourth-order valence-electron chi connectivity index (χ4n) is 2.83. The van der Waals surface area contributed by atoms with Gasteiger partial charge in [-0.3, -0.25) is 4.79 Å². The highest BCUT2D eigenvalue weighted by Gasteiger charge is 2.32. The highest BCUT2D eigenvalue weighted by Crippen LogP contribution is 2.23. The van der Waals surface area contributed by atoms with Crippen molar-refractivity contribution in [3.05, 3.63) is 52.5 Å². The number of carbonyl (C=O) groups is 1. The summed E-state index contributed by atoms with van der Waals surface area (Å²) in [5, 5.41) is 7.93. The molecule has 27 heavy (non-hydrogen) atoms. The number of amides is 1. The Labute approximate surface area is 160 Å². The number of carbonyl (C=O) groups excluding carboxylic acids is 1. The number of methoxy groups -OCH3 is 1. The van der Waals surface area contributed by atoms with E-state index in [1.165, 1.54) is 0 Å². The molecule has 1 aliphatic heterocycles. The summed E-state index contributed by atoms with van der Waals surface area (Å²) < 4.78 is 16.0. The van der Waals surface area contributed by atoms with Crippen LogP contribution in [0.15, 0.2) is 45.6 Å². The lowest BCUT2D eigenvalue weighted by atomic mass is 10.1. The molecule has 1 amide bonds.